The quantitative estimate of drug-likeness (QED) is 0.876. The van der Waals surface area contributed by atoms with Gasteiger partial charge >= 0.3 is 0 Å². The number of benzene rings is 1. The maximum atomic E-state index is 6.03. The number of piperidine rings is 1. The Balaban J connectivity index is 1.74. The van der Waals surface area contributed by atoms with E-state index in [1.165, 1.54) is 12.8 Å². The third-order valence-electron chi connectivity index (χ3n) is 3.92. The first-order valence-corrected chi connectivity index (χ1v) is 8.17. The minimum absolute atomic E-state index is 0.507. The molecule has 116 valence electrons. The number of nitrogens with one attached hydrogen (secondary N) is 1. The summed E-state index contributed by atoms with van der Waals surface area (Å²) < 4.78 is 0. The molecular weight excluding hydrogens is 319 g/mol. The van der Waals surface area contributed by atoms with E-state index in [2.05, 4.69) is 27.1 Å². The Hall–Kier alpha value is -1.52. The fourth-order valence-electron chi connectivity index (χ4n) is 2.53. The average Bonchev–Trinajstić information content (AvgIpc) is 2.52. The van der Waals surface area contributed by atoms with Crippen molar-refractivity contribution in [2.45, 2.75) is 19.8 Å². The maximum absolute atomic E-state index is 6.03. The molecular formula is C16H18Cl2N4. The molecule has 2 heterocycles. The Bertz CT molecular complexity index is 654. The minimum atomic E-state index is 0.507. The molecule has 1 N–H and O–H groups in total. The molecule has 1 aliphatic rings. The van der Waals surface area contributed by atoms with E-state index in [1.807, 2.05) is 12.1 Å². The number of hydrogen-bond donors (Lipinski definition) is 1. The topological polar surface area (TPSA) is 41.1 Å². The standard InChI is InChI=1S/C16H18Cl2N4/c1-11-5-8-22(9-6-11)15-4-7-19-16(21-15)20-12-2-3-13(17)14(18)10-12/h2-4,7,10-11H,5-6,8-9H2,1H3,(H,19,20,21). The van der Waals surface area contributed by atoms with Gasteiger partial charge in [0.2, 0.25) is 5.95 Å². The number of rotatable bonds is 3. The van der Waals surface area contributed by atoms with E-state index in [0.29, 0.717) is 16.0 Å². The van der Waals surface area contributed by atoms with Gasteiger partial charge in [-0.15, -0.1) is 0 Å². The second-order valence-electron chi connectivity index (χ2n) is 5.66. The lowest BCUT2D eigenvalue weighted by Gasteiger charge is -2.31. The van der Waals surface area contributed by atoms with Crippen molar-refractivity contribution in [3.05, 3.63) is 40.5 Å². The lowest BCUT2D eigenvalue weighted by Crippen LogP contribution is -2.33. The molecule has 0 saturated carbocycles. The van der Waals surface area contributed by atoms with Crippen LogP contribution in [0.15, 0.2) is 30.5 Å². The van der Waals surface area contributed by atoms with Gasteiger partial charge < -0.3 is 10.2 Å². The first kappa shape index (κ1) is 15.4. The fraction of sp³-hybridized carbons (Fsp3) is 0.375. The van der Waals surface area contributed by atoms with E-state index in [1.54, 1.807) is 18.3 Å². The molecule has 0 atom stereocenters. The van der Waals surface area contributed by atoms with Crippen molar-refractivity contribution in [1.29, 1.82) is 0 Å². The monoisotopic (exact) mass is 336 g/mol. The predicted molar refractivity (Wildman–Crippen MR) is 92.4 cm³/mol. The average molecular weight is 337 g/mol. The van der Waals surface area contributed by atoms with Crippen LogP contribution < -0.4 is 10.2 Å². The van der Waals surface area contributed by atoms with Gasteiger partial charge in [0.1, 0.15) is 5.82 Å². The van der Waals surface area contributed by atoms with Crippen LogP contribution in [0.4, 0.5) is 17.5 Å². The van der Waals surface area contributed by atoms with Crippen molar-refractivity contribution in [3.8, 4) is 0 Å². The number of anilines is 3. The van der Waals surface area contributed by atoms with Crippen LogP contribution >= 0.6 is 23.2 Å². The van der Waals surface area contributed by atoms with E-state index in [-0.39, 0.29) is 0 Å². The number of hydrogen-bond acceptors (Lipinski definition) is 4. The third kappa shape index (κ3) is 3.62. The molecule has 0 spiro atoms. The van der Waals surface area contributed by atoms with Crippen molar-refractivity contribution in [3.63, 3.8) is 0 Å². The van der Waals surface area contributed by atoms with Gasteiger partial charge in [-0.2, -0.15) is 4.98 Å². The van der Waals surface area contributed by atoms with Gasteiger partial charge in [-0.25, -0.2) is 4.98 Å². The smallest absolute Gasteiger partial charge is 0.229 e. The molecule has 0 unspecified atom stereocenters. The van der Waals surface area contributed by atoms with Crippen LogP contribution in [-0.4, -0.2) is 23.1 Å². The van der Waals surface area contributed by atoms with Gasteiger partial charge in [-0.05, 0) is 43.0 Å². The van der Waals surface area contributed by atoms with Gasteiger partial charge in [-0.3, -0.25) is 0 Å². The summed E-state index contributed by atoms with van der Waals surface area (Å²) in [4.78, 5) is 11.2. The van der Waals surface area contributed by atoms with Crippen molar-refractivity contribution < 1.29 is 0 Å². The fourth-order valence-corrected chi connectivity index (χ4v) is 2.82. The molecule has 0 radical (unpaired) electrons. The molecule has 22 heavy (non-hydrogen) atoms. The van der Waals surface area contributed by atoms with Crippen LogP contribution in [0.1, 0.15) is 19.8 Å². The van der Waals surface area contributed by atoms with Crippen LogP contribution in [-0.2, 0) is 0 Å². The van der Waals surface area contributed by atoms with E-state index >= 15 is 0 Å². The van der Waals surface area contributed by atoms with Gasteiger partial charge in [-0.1, -0.05) is 30.1 Å². The normalized spacial score (nSPS) is 15.9. The summed E-state index contributed by atoms with van der Waals surface area (Å²) in [5, 5.41) is 4.21. The van der Waals surface area contributed by atoms with E-state index in [9.17, 15) is 0 Å². The van der Waals surface area contributed by atoms with Gasteiger partial charge in [0.05, 0.1) is 10.0 Å². The summed E-state index contributed by atoms with van der Waals surface area (Å²) in [6.45, 7) is 4.39. The lowest BCUT2D eigenvalue weighted by atomic mass is 9.99. The zero-order valence-corrected chi connectivity index (χ0v) is 13.9. The Kier molecular flexibility index (Phi) is 4.69. The second kappa shape index (κ2) is 6.71. The third-order valence-corrected chi connectivity index (χ3v) is 4.66. The zero-order chi connectivity index (χ0) is 15.5. The van der Waals surface area contributed by atoms with Gasteiger partial charge in [0.15, 0.2) is 0 Å². The van der Waals surface area contributed by atoms with Crippen LogP contribution in [0, 0.1) is 5.92 Å². The van der Waals surface area contributed by atoms with Crippen molar-refractivity contribution in [2.75, 3.05) is 23.3 Å². The summed E-state index contributed by atoms with van der Waals surface area (Å²) in [5.41, 5.74) is 0.818. The van der Waals surface area contributed by atoms with Crippen molar-refractivity contribution in [1.82, 2.24) is 9.97 Å². The van der Waals surface area contributed by atoms with Crippen LogP contribution in [0.25, 0.3) is 0 Å². The van der Waals surface area contributed by atoms with Crippen LogP contribution in [0.5, 0.6) is 0 Å². The Morgan fingerprint density at radius 3 is 2.64 bits per heavy atom. The molecule has 1 aromatic heterocycles. The highest BCUT2D eigenvalue weighted by Gasteiger charge is 2.17. The highest BCUT2D eigenvalue weighted by Crippen LogP contribution is 2.27. The number of nitrogens with zero attached hydrogens (tertiary/aromatic N) is 3. The molecule has 0 amide bonds. The summed E-state index contributed by atoms with van der Waals surface area (Å²) in [7, 11) is 0. The van der Waals surface area contributed by atoms with Gasteiger partial charge in [0, 0.05) is 25.0 Å². The summed E-state index contributed by atoms with van der Waals surface area (Å²) in [6.07, 6.45) is 4.19. The maximum Gasteiger partial charge on any atom is 0.229 e. The Morgan fingerprint density at radius 1 is 1.14 bits per heavy atom. The molecule has 0 bridgehead atoms. The summed E-state index contributed by atoms with van der Waals surface area (Å²) >= 11 is 12.0. The van der Waals surface area contributed by atoms with E-state index in [4.69, 9.17) is 23.2 Å². The summed E-state index contributed by atoms with van der Waals surface area (Å²) in [6, 6.07) is 7.33. The Labute approximate surface area is 140 Å². The molecule has 1 aromatic carbocycles. The molecule has 2 aromatic rings. The molecule has 4 nitrogen and oxygen atoms in total. The first-order chi connectivity index (χ1) is 10.6. The van der Waals surface area contributed by atoms with E-state index in [0.717, 1.165) is 30.5 Å². The number of aromatic nitrogens is 2. The SMILES string of the molecule is CC1CCN(c2ccnc(Nc3ccc(Cl)c(Cl)c3)n2)CC1. The highest BCUT2D eigenvalue weighted by molar-refractivity contribution is 6.42. The second-order valence-corrected chi connectivity index (χ2v) is 6.48. The number of halogens is 2. The first-order valence-electron chi connectivity index (χ1n) is 7.42. The molecule has 1 fully saturated rings. The van der Waals surface area contributed by atoms with Crippen molar-refractivity contribution >= 4 is 40.7 Å². The lowest BCUT2D eigenvalue weighted by molar-refractivity contribution is 0.436. The molecule has 1 saturated heterocycles. The van der Waals surface area contributed by atoms with Crippen molar-refractivity contribution in [2.24, 2.45) is 5.92 Å². The predicted octanol–water partition coefficient (Wildman–Crippen LogP) is 4.76. The van der Waals surface area contributed by atoms with Crippen LogP contribution in [0.3, 0.4) is 0 Å². The van der Waals surface area contributed by atoms with Crippen LogP contribution in [0.2, 0.25) is 10.0 Å². The highest BCUT2D eigenvalue weighted by atomic mass is 35.5. The molecule has 1 aliphatic heterocycles. The van der Waals surface area contributed by atoms with E-state index < -0.39 is 0 Å². The molecule has 0 aliphatic carbocycles. The minimum Gasteiger partial charge on any atom is -0.356 e. The molecule has 6 heteroatoms. The zero-order valence-electron chi connectivity index (χ0n) is 12.4. The largest absolute Gasteiger partial charge is 0.356 e. The summed E-state index contributed by atoms with van der Waals surface area (Å²) in [5.74, 6) is 2.32. The molecule has 3 rings (SSSR count). The Morgan fingerprint density at radius 2 is 1.91 bits per heavy atom. The van der Waals surface area contributed by atoms with Gasteiger partial charge in [0.25, 0.3) is 0 Å².